The molecule has 5 nitrogen and oxygen atoms in total. The van der Waals surface area contributed by atoms with Crippen molar-refractivity contribution in [3.63, 3.8) is 0 Å². The van der Waals surface area contributed by atoms with E-state index in [-0.39, 0.29) is 30.0 Å². The first kappa shape index (κ1) is 15.3. The van der Waals surface area contributed by atoms with E-state index in [1.165, 1.54) is 6.92 Å². The maximum Gasteiger partial charge on any atom is 0.255 e. The van der Waals surface area contributed by atoms with Gasteiger partial charge in [-0.2, -0.15) is 0 Å². The van der Waals surface area contributed by atoms with E-state index in [1.807, 2.05) is 4.90 Å². The minimum Gasteiger partial charge on any atom is -0.393 e. The molecule has 2 bridgehead atoms. The van der Waals surface area contributed by atoms with Gasteiger partial charge >= 0.3 is 0 Å². The van der Waals surface area contributed by atoms with Crippen LogP contribution in [-0.2, 0) is 4.79 Å². The van der Waals surface area contributed by atoms with Crippen molar-refractivity contribution in [2.24, 2.45) is 0 Å². The molecule has 118 valence electrons. The average molecular weight is 323 g/mol. The lowest BCUT2D eigenvalue weighted by Gasteiger charge is -2.37. The molecule has 3 rings (SSSR count). The second-order valence-electron chi connectivity index (χ2n) is 6.10. The summed E-state index contributed by atoms with van der Waals surface area (Å²) in [5.41, 5.74) is 0.964. The molecule has 22 heavy (non-hydrogen) atoms. The fourth-order valence-corrected chi connectivity index (χ4v) is 3.79. The Labute approximate surface area is 134 Å². The topological polar surface area (TPSA) is 69.6 Å². The van der Waals surface area contributed by atoms with Crippen LogP contribution in [0.3, 0.4) is 0 Å². The van der Waals surface area contributed by atoms with Gasteiger partial charge in [-0.15, -0.1) is 0 Å². The average Bonchev–Trinajstić information content (AvgIpc) is 2.72. The first-order valence-electron chi connectivity index (χ1n) is 7.53. The lowest BCUT2D eigenvalue weighted by Crippen LogP contribution is -2.48. The van der Waals surface area contributed by atoms with Gasteiger partial charge in [-0.25, -0.2) is 0 Å². The zero-order valence-corrected chi connectivity index (χ0v) is 13.1. The standard InChI is InChI=1S/C16H19ClN2O3/c1-9(20)18-10-2-5-15(17)14(6-10)16(22)19-11-3-4-12(19)8-13(21)7-11/h2,5-6,11-13,21H,3-4,7-8H2,1H3,(H,18,20)/t11-,12+,13?. The van der Waals surface area contributed by atoms with Gasteiger partial charge in [0.15, 0.2) is 0 Å². The molecule has 2 heterocycles. The fraction of sp³-hybridized carbons (Fsp3) is 0.500. The third kappa shape index (κ3) is 2.83. The number of hydrogen-bond acceptors (Lipinski definition) is 3. The normalized spacial score (nSPS) is 26.9. The maximum atomic E-state index is 12.9. The Hall–Kier alpha value is -1.59. The molecule has 0 saturated carbocycles. The largest absolute Gasteiger partial charge is 0.393 e. The molecule has 1 aromatic carbocycles. The molecule has 0 aromatic heterocycles. The lowest BCUT2D eigenvalue weighted by atomic mass is 9.98. The molecule has 2 N–H and O–H groups in total. The van der Waals surface area contributed by atoms with Gasteiger partial charge in [0.25, 0.3) is 5.91 Å². The summed E-state index contributed by atoms with van der Waals surface area (Å²) in [6.45, 7) is 1.42. The van der Waals surface area contributed by atoms with Crippen LogP contribution in [0, 0.1) is 0 Å². The molecule has 2 aliphatic heterocycles. The molecule has 6 heteroatoms. The fourth-order valence-electron chi connectivity index (χ4n) is 3.59. The van der Waals surface area contributed by atoms with E-state index in [1.54, 1.807) is 18.2 Å². The number of halogens is 1. The van der Waals surface area contributed by atoms with E-state index in [4.69, 9.17) is 11.6 Å². The number of aliphatic hydroxyl groups is 1. The summed E-state index contributed by atoms with van der Waals surface area (Å²) in [6, 6.07) is 5.09. The smallest absolute Gasteiger partial charge is 0.255 e. The monoisotopic (exact) mass is 322 g/mol. The van der Waals surface area contributed by atoms with Crippen molar-refractivity contribution >= 4 is 29.1 Å². The summed E-state index contributed by atoms with van der Waals surface area (Å²) >= 11 is 6.18. The van der Waals surface area contributed by atoms with Crippen molar-refractivity contribution in [2.75, 3.05) is 5.32 Å². The van der Waals surface area contributed by atoms with E-state index < -0.39 is 0 Å². The summed E-state index contributed by atoms with van der Waals surface area (Å²) < 4.78 is 0. The highest BCUT2D eigenvalue weighted by Crippen LogP contribution is 2.37. The molecule has 0 aliphatic carbocycles. The Morgan fingerprint density at radius 2 is 1.91 bits per heavy atom. The predicted molar refractivity (Wildman–Crippen MR) is 84.0 cm³/mol. The first-order chi connectivity index (χ1) is 10.5. The van der Waals surface area contributed by atoms with Crippen LogP contribution in [-0.4, -0.2) is 40.0 Å². The van der Waals surface area contributed by atoms with Gasteiger partial charge in [0.05, 0.1) is 16.7 Å². The minimum absolute atomic E-state index is 0.0849. The van der Waals surface area contributed by atoms with Crippen LogP contribution >= 0.6 is 11.6 Å². The number of anilines is 1. The number of nitrogens with one attached hydrogen (secondary N) is 1. The molecule has 3 atom stereocenters. The lowest BCUT2D eigenvalue weighted by molar-refractivity contribution is -0.114. The zero-order valence-electron chi connectivity index (χ0n) is 12.4. The van der Waals surface area contributed by atoms with Gasteiger partial charge in [-0.05, 0) is 43.9 Å². The number of nitrogens with zero attached hydrogens (tertiary/aromatic N) is 1. The molecule has 2 aliphatic rings. The van der Waals surface area contributed by atoms with E-state index in [0.29, 0.717) is 29.1 Å². The number of benzene rings is 1. The van der Waals surface area contributed by atoms with Gasteiger partial charge in [-0.3, -0.25) is 9.59 Å². The highest BCUT2D eigenvalue weighted by molar-refractivity contribution is 6.34. The predicted octanol–water partition coefficient (Wildman–Crippen LogP) is 2.43. The van der Waals surface area contributed by atoms with Gasteiger partial charge in [-0.1, -0.05) is 11.6 Å². The van der Waals surface area contributed by atoms with Crippen LogP contribution in [0.2, 0.25) is 5.02 Å². The van der Waals surface area contributed by atoms with Crippen LogP contribution in [0.15, 0.2) is 18.2 Å². The minimum atomic E-state index is -0.317. The molecule has 2 fully saturated rings. The Morgan fingerprint density at radius 1 is 1.27 bits per heavy atom. The number of carbonyl (C=O) groups is 2. The molecule has 0 radical (unpaired) electrons. The highest BCUT2D eigenvalue weighted by atomic mass is 35.5. The van der Waals surface area contributed by atoms with Crippen molar-refractivity contribution < 1.29 is 14.7 Å². The number of hydrogen-bond donors (Lipinski definition) is 2. The zero-order chi connectivity index (χ0) is 15.9. The highest BCUT2D eigenvalue weighted by Gasteiger charge is 2.43. The van der Waals surface area contributed by atoms with Gasteiger partial charge in [0, 0.05) is 24.7 Å². The quantitative estimate of drug-likeness (QED) is 0.878. The van der Waals surface area contributed by atoms with Crippen LogP contribution in [0.4, 0.5) is 5.69 Å². The van der Waals surface area contributed by atoms with Crippen molar-refractivity contribution in [3.05, 3.63) is 28.8 Å². The molecular formula is C16H19ClN2O3. The summed E-state index contributed by atoms with van der Waals surface area (Å²) in [4.78, 5) is 25.9. The second kappa shape index (κ2) is 5.89. The van der Waals surface area contributed by atoms with Crippen LogP contribution in [0.1, 0.15) is 43.0 Å². The Kier molecular flexibility index (Phi) is 4.10. The molecule has 2 saturated heterocycles. The number of piperidine rings is 1. The van der Waals surface area contributed by atoms with Crippen molar-refractivity contribution in [1.29, 1.82) is 0 Å². The number of aliphatic hydroxyl groups excluding tert-OH is 1. The van der Waals surface area contributed by atoms with Crippen molar-refractivity contribution in [1.82, 2.24) is 4.90 Å². The van der Waals surface area contributed by atoms with Crippen molar-refractivity contribution in [2.45, 2.75) is 50.8 Å². The number of carbonyl (C=O) groups excluding carboxylic acids is 2. The third-order valence-corrected chi connectivity index (χ3v) is 4.79. The third-order valence-electron chi connectivity index (χ3n) is 4.46. The first-order valence-corrected chi connectivity index (χ1v) is 7.91. The second-order valence-corrected chi connectivity index (χ2v) is 6.51. The van der Waals surface area contributed by atoms with E-state index >= 15 is 0 Å². The van der Waals surface area contributed by atoms with Gasteiger partial charge in [0.1, 0.15) is 0 Å². The number of rotatable bonds is 2. The molecule has 2 amide bonds. The Bertz CT molecular complexity index is 605. The summed E-state index contributed by atoms with van der Waals surface area (Å²) in [5, 5.41) is 12.9. The van der Waals surface area contributed by atoms with Gasteiger partial charge in [0.2, 0.25) is 5.91 Å². The summed E-state index contributed by atoms with van der Waals surface area (Å²) in [7, 11) is 0. The van der Waals surface area contributed by atoms with Crippen LogP contribution in [0.25, 0.3) is 0 Å². The Balaban J connectivity index is 1.87. The van der Waals surface area contributed by atoms with Crippen LogP contribution in [0.5, 0.6) is 0 Å². The summed E-state index contributed by atoms with van der Waals surface area (Å²) in [5.74, 6) is -0.307. The number of amides is 2. The van der Waals surface area contributed by atoms with Crippen molar-refractivity contribution in [3.8, 4) is 0 Å². The van der Waals surface area contributed by atoms with E-state index in [0.717, 1.165) is 12.8 Å². The van der Waals surface area contributed by atoms with E-state index in [2.05, 4.69) is 5.32 Å². The molecule has 1 unspecified atom stereocenters. The SMILES string of the molecule is CC(=O)Nc1ccc(Cl)c(C(=O)N2[C@@H]3CC[C@H]2CC(O)C3)c1. The van der Waals surface area contributed by atoms with Gasteiger partial charge < -0.3 is 15.3 Å². The molecule has 1 aromatic rings. The molecule has 0 spiro atoms. The summed E-state index contributed by atoms with van der Waals surface area (Å²) in [6.07, 6.45) is 2.80. The number of fused-ring (bicyclic) bond motifs is 2. The maximum absolute atomic E-state index is 12.9. The van der Waals surface area contributed by atoms with E-state index in [9.17, 15) is 14.7 Å². The molecular weight excluding hydrogens is 304 g/mol. The Morgan fingerprint density at radius 3 is 2.50 bits per heavy atom. The van der Waals surface area contributed by atoms with Crippen LogP contribution < -0.4 is 5.32 Å².